The molecule has 0 aliphatic carbocycles. The molecule has 0 spiro atoms. The molecular weight excluding hydrogens is 480 g/mol. The average Bonchev–Trinajstić information content (AvgIpc) is 3.29. The molecule has 2 aromatic carbocycles. The number of imide groups is 1. The fourth-order valence-electron chi connectivity index (χ4n) is 5.61. The number of fused-ring (bicyclic) bond motifs is 4. The SMILES string of the molecule is CCN(CCOC)CCN1C(=O)N2C(c3cccc(O)c3)c3[nH]c4ccc(Cl)cc4c3CC2(C)C1=O. The Bertz CT molecular complexity index is 1320. The molecule has 36 heavy (non-hydrogen) atoms. The van der Waals surface area contributed by atoms with Crippen LogP contribution in [0.5, 0.6) is 5.75 Å². The second-order valence-electron chi connectivity index (χ2n) is 9.69. The van der Waals surface area contributed by atoms with Crippen LogP contribution in [0.4, 0.5) is 4.79 Å². The number of phenolic OH excluding ortho intramolecular Hbond substituents is 1. The average molecular weight is 511 g/mol. The molecule has 190 valence electrons. The number of nitrogens with one attached hydrogen (secondary N) is 1. The number of aromatic nitrogens is 1. The second-order valence-corrected chi connectivity index (χ2v) is 10.1. The van der Waals surface area contributed by atoms with Gasteiger partial charge in [0.1, 0.15) is 17.3 Å². The summed E-state index contributed by atoms with van der Waals surface area (Å²) < 4.78 is 5.19. The van der Waals surface area contributed by atoms with E-state index in [0.29, 0.717) is 31.1 Å². The van der Waals surface area contributed by atoms with Gasteiger partial charge in [-0.2, -0.15) is 0 Å². The number of aromatic amines is 1. The molecule has 3 aromatic rings. The molecule has 1 fully saturated rings. The zero-order chi connectivity index (χ0) is 25.6. The van der Waals surface area contributed by atoms with E-state index in [1.54, 1.807) is 30.2 Å². The first-order valence-corrected chi connectivity index (χ1v) is 12.6. The van der Waals surface area contributed by atoms with Crippen LogP contribution in [-0.4, -0.2) is 82.2 Å². The van der Waals surface area contributed by atoms with Gasteiger partial charge in [-0.1, -0.05) is 30.7 Å². The fraction of sp³-hybridized carbons (Fsp3) is 0.407. The zero-order valence-electron chi connectivity index (χ0n) is 20.8. The number of hydrogen-bond acceptors (Lipinski definition) is 5. The second kappa shape index (κ2) is 9.42. The lowest BCUT2D eigenvalue weighted by Gasteiger charge is -2.42. The minimum absolute atomic E-state index is 0.104. The van der Waals surface area contributed by atoms with Gasteiger partial charge in [0.2, 0.25) is 0 Å². The molecule has 1 saturated heterocycles. The lowest BCUT2D eigenvalue weighted by atomic mass is 9.81. The number of urea groups is 1. The molecule has 3 heterocycles. The Balaban J connectivity index is 1.58. The van der Waals surface area contributed by atoms with Crippen molar-refractivity contribution in [3.63, 3.8) is 0 Å². The summed E-state index contributed by atoms with van der Waals surface area (Å²) in [7, 11) is 1.66. The molecule has 2 aliphatic rings. The third-order valence-corrected chi connectivity index (χ3v) is 7.75. The minimum atomic E-state index is -1.07. The smallest absolute Gasteiger partial charge is 0.328 e. The molecule has 2 unspecified atom stereocenters. The molecule has 8 nitrogen and oxygen atoms in total. The van der Waals surface area contributed by atoms with Gasteiger partial charge in [-0.3, -0.25) is 19.5 Å². The van der Waals surface area contributed by atoms with Gasteiger partial charge in [-0.15, -0.1) is 0 Å². The van der Waals surface area contributed by atoms with Gasteiger partial charge < -0.3 is 14.8 Å². The van der Waals surface area contributed by atoms with Crippen molar-refractivity contribution in [1.29, 1.82) is 0 Å². The molecule has 0 bridgehead atoms. The molecule has 3 amide bonds. The normalized spacial score (nSPS) is 21.5. The van der Waals surface area contributed by atoms with Gasteiger partial charge in [0.05, 0.1) is 6.61 Å². The number of benzene rings is 2. The molecule has 9 heteroatoms. The predicted molar refractivity (Wildman–Crippen MR) is 138 cm³/mol. The monoisotopic (exact) mass is 510 g/mol. The van der Waals surface area contributed by atoms with Crippen LogP contribution in [0, 0.1) is 0 Å². The highest BCUT2D eigenvalue weighted by Crippen LogP contribution is 2.49. The molecule has 5 rings (SSSR count). The minimum Gasteiger partial charge on any atom is -0.508 e. The third-order valence-electron chi connectivity index (χ3n) is 7.51. The molecule has 2 aliphatic heterocycles. The summed E-state index contributed by atoms with van der Waals surface area (Å²) in [5.74, 6) is -0.102. The topological polar surface area (TPSA) is 89.1 Å². The first-order valence-electron chi connectivity index (χ1n) is 12.2. The predicted octanol–water partition coefficient (Wildman–Crippen LogP) is 4.16. The Hall–Kier alpha value is -3.07. The van der Waals surface area contributed by atoms with E-state index in [9.17, 15) is 14.7 Å². The lowest BCUT2D eigenvalue weighted by Crippen LogP contribution is -2.53. The van der Waals surface area contributed by atoms with Gasteiger partial charge >= 0.3 is 6.03 Å². The van der Waals surface area contributed by atoms with E-state index in [1.165, 1.54) is 4.90 Å². The number of carbonyl (C=O) groups is 2. The Morgan fingerprint density at radius 2 is 2.03 bits per heavy atom. The largest absolute Gasteiger partial charge is 0.508 e. The highest BCUT2D eigenvalue weighted by molar-refractivity contribution is 6.31. The van der Waals surface area contributed by atoms with E-state index < -0.39 is 11.6 Å². The maximum Gasteiger partial charge on any atom is 0.328 e. The van der Waals surface area contributed by atoms with Crippen molar-refractivity contribution in [1.82, 2.24) is 19.7 Å². The number of hydrogen-bond donors (Lipinski definition) is 2. The van der Waals surface area contributed by atoms with Crippen molar-refractivity contribution in [2.75, 3.05) is 39.9 Å². The number of rotatable bonds is 8. The van der Waals surface area contributed by atoms with E-state index in [-0.39, 0.29) is 17.7 Å². The number of methoxy groups -OCH3 is 1. The molecular formula is C27H31ClN4O4. The fourth-order valence-corrected chi connectivity index (χ4v) is 5.79. The van der Waals surface area contributed by atoms with Crippen LogP contribution in [0.2, 0.25) is 5.02 Å². The van der Waals surface area contributed by atoms with Crippen LogP contribution in [0.1, 0.15) is 36.7 Å². The summed E-state index contributed by atoms with van der Waals surface area (Å²) in [6.07, 6.45) is 0.375. The van der Waals surface area contributed by atoms with Crippen LogP contribution < -0.4 is 0 Å². The summed E-state index contributed by atoms with van der Waals surface area (Å²) in [4.78, 5) is 36.5. The standard InChI is InChI=1S/C27H31ClN4O4/c1-4-30(12-13-36-3)10-11-31-25(34)27(2)16-21-20-15-18(28)8-9-22(20)29-23(21)24(32(27)26(31)35)17-6-5-7-19(33)14-17/h5-9,14-15,24,29,33H,4,10-13,16H2,1-3H3. The first kappa shape index (κ1) is 24.6. The maximum absolute atomic E-state index is 13.9. The third kappa shape index (κ3) is 3.93. The Kier molecular flexibility index (Phi) is 6.44. The van der Waals surface area contributed by atoms with Crippen molar-refractivity contribution in [3.05, 3.63) is 64.3 Å². The molecule has 2 atom stereocenters. The number of carbonyl (C=O) groups excluding carboxylic acids is 2. The quantitative estimate of drug-likeness (QED) is 0.444. The van der Waals surface area contributed by atoms with Gasteiger partial charge in [0.25, 0.3) is 5.91 Å². The van der Waals surface area contributed by atoms with Gasteiger partial charge in [0, 0.05) is 54.8 Å². The van der Waals surface area contributed by atoms with E-state index >= 15 is 0 Å². The number of likely N-dealkylation sites (N-methyl/N-ethyl adjacent to an activating group) is 1. The van der Waals surface area contributed by atoms with Gasteiger partial charge in [0.15, 0.2) is 0 Å². The van der Waals surface area contributed by atoms with Crippen LogP contribution in [0.3, 0.4) is 0 Å². The van der Waals surface area contributed by atoms with Crippen LogP contribution in [-0.2, 0) is 16.0 Å². The molecule has 1 aromatic heterocycles. The number of phenols is 1. The molecule has 0 radical (unpaired) electrons. The van der Waals surface area contributed by atoms with E-state index in [4.69, 9.17) is 16.3 Å². The number of H-pyrrole nitrogens is 1. The van der Waals surface area contributed by atoms with Crippen molar-refractivity contribution < 1.29 is 19.4 Å². The Labute approximate surface area is 215 Å². The summed E-state index contributed by atoms with van der Waals surface area (Å²) in [6, 6.07) is 11.6. The number of nitrogens with zero attached hydrogens (tertiary/aromatic N) is 3. The van der Waals surface area contributed by atoms with Crippen LogP contribution in [0.15, 0.2) is 42.5 Å². The number of ether oxygens (including phenoxy) is 1. The summed E-state index contributed by atoms with van der Waals surface area (Å²) in [5.41, 5.74) is 2.37. The summed E-state index contributed by atoms with van der Waals surface area (Å²) in [5, 5.41) is 11.8. The van der Waals surface area contributed by atoms with E-state index in [1.807, 2.05) is 31.2 Å². The van der Waals surface area contributed by atoms with Crippen molar-refractivity contribution in [2.24, 2.45) is 0 Å². The highest BCUT2D eigenvalue weighted by atomic mass is 35.5. The number of halogens is 1. The van der Waals surface area contributed by atoms with E-state index in [2.05, 4.69) is 16.8 Å². The Morgan fingerprint density at radius 1 is 1.22 bits per heavy atom. The van der Waals surface area contributed by atoms with Crippen molar-refractivity contribution >= 4 is 34.4 Å². The lowest BCUT2D eigenvalue weighted by molar-refractivity contribution is -0.133. The Morgan fingerprint density at radius 3 is 2.75 bits per heavy atom. The summed E-state index contributed by atoms with van der Waals surface area (Å²) >= 11 is 6.33. The number of aromatic hydroxyl groups is 1. The molecule has 0 saturated carbocycles. The van der Waals surface area contributed by atoms with Crippen LogP contribution in [0.25, 0.3) is 10.9 Å². The van der Waals surface area contributed by atoms with Crippen molar-refractivity contribution in [2.45, 2.75) is 31.8 Å². The first-order chi connectivity index (χ1) is 17.3. The van der Waals surface area contributed by atoms with Gasteiger partial charge in [-0.05, 0) is 54.9 Å². The number of amides is 3. The summed E-state index contributed by atoms with van der Waals surface area (Å²) in [6.45, 7) is 6.88. The molecule has 2 N–H and O–H groups in total. The van der Waals surface area contributed by atoms with E-state index in [0.717, 1.165) is 40.8 Å². The van der Waals surface area contributed by atoms with Gasteiger partial charge in [-0.25, -0.2) is 4.79 Å². The maximum atomic E-state index is 13.9. The van der Waals surface area contributed by atoms with Crippen molar-refractivity contribution in [3.8, 4) is 5.75 Å². The van der Waals surface area contributed by atoms with Crippen LogP contribution >= 0.6 is 11.6 Å². The highest BCUT2D eigenvalue weighted by Gasteiger charge is 2.60. The zero-order valence-corrected chi connectivity index (χ0v) is 21.5.